The van der Waals surface area contributed by atoms with Gasteiger partial charge in [-0.05, 0) is 37.7 Å². The van der Waals surface area contributed by atoms with Crippen molar-refractivity contribution in [2.24, 2.45) is 0 Å². The third-order valence-corrected chi connectivity index (χ3v) is 3.40. The zero-order valence-corrected chi connectivity index (χ0v) is 12.6. The standard InChI is InChI=1S/C17H22N2O/c1-13-8-9-17(14(10-13)12-18-2)19(3)15-6-5-7-16(11-15)20-4/h5-11,18H,12H2,1-4H3. The summed E-state index contributed by atoms with van der Waals surface area (Å²) in [4.78, 5) is 2.19. The van der Waals surface area contributed by atoms with E-state index >= 15 is 0 Å². The number of benzene rings is 2. The van der Waals surface area contributed by atoms with E-state index in [1.165, 1.54) is 16.8 Å². The first-order valence-electron chi connectivity index (χ1n) is 6.77. The Morgan fingerprint density at radius 1 is 1.15 bits per heavy atom. The molecular weight excluding hydrogens is 248 g/mol. The van der Waals surface area contributed by atoms with Crippen molar-refractivity contribution in [3.8, 4) is 5.75 Å². The van der Waals surface area contributed by atoms with Crippen molar-refractivity contribution in [1.82, 2.24) is 5.32 Å². The lowest BCUT2D eigenvalue weighted by Gasteiger charge is -2.23. The first kappa shape index (κ1) is 14.4. The highest BCUT2D eigenvalue weighted by Gasteiger charge is 2.10. The third kappa shape index (κ3) is 3.11. The zero-order chi connectivity index (χ0) is 14.5. The van der Waals surface area contributed by atoms with Crippen molar-refractivity contribution in [3.05, 3.63) is 53.6 Å². The van der Waals surface area contributed by atoms with E-state index in [9.17, 15) is 0 Å². The lowest BCUT2D eigenvalue weighted by molar-refractivity contribution is 0.415. The fourth-order valence-corrected chi connectivity index (χ4v) is 2.33. The second-order valence-corrected chi connectivity index (χ2v) is 4.92. The fraction of sp³-hybridized carbons (Fsp3) is 0.294. The molecule has 0 saturated heterocycles. The largest absolute Gasteiger partial charge is 0.497 e. The fourth-order valence-electron chi connectivity index (χ4n) is 2.33. The van der Waals surface area contributed by atoms with Gasteiger partial charge in [0.15, 0.2) is 0 Å². The summed E-state index contributed by atoms with van der Waals surface area (Å²) in [6.07, 6.45) is 0. The van der Waals surface area contributed by atoms with Crippen LogP contribution in [0.25, 0.3) is 0 Å². The predicted molar refractivity (Wildman–Crippen MR) is 85.0 cm³/mol. The van der Waals surface area contributed by atoms with Gasteiger partial charge < -0.3 is 15.0 Å². The van der Waals surface area contributed by atoms with Gasteiger partial charge in [-0.3, -0.25) is 0 Å². The highest BCUT2D eigenvalue weighted by atomic mass is 16.5. The number of aryl methyl sites for hydroxylation is 1. The van der Waals surface area contributed by atoms with E-state index < -0.39 is 0 Å². The van der Waals surface area contributed by atoms with Crippen LogP contribution in [0.5, 0.6) is 5.75 Å². The molecule has 0 heterocycles. The molecule has 0 aliphatic rings. The van der Waals surface area contributed by atoms with Crippen molar-refractivity contribution in [2.75, 3.05) is 26.1 Å². The Morgan fingerprint density at radius 3 is 2.65 bits per heavy atom. The van der Waals surface area contributed by atoms with Gasteiger partial charge in [-0.15, -0.1) is 0 Å². The molecule has 0 aromatic heterocycles. The molecule has 0 radical (unpaired) electrons. The molecule has 0 amide bonds. The Hall–Kier alpha value is -2.00. The quantitative estimate of drug-likeness (QED) is 0.900. The van der Waals surface area contributed by atoms with Crippen molar-refractivity contribution < 1.29 is 4.74 Å². The molecule has 0 aliphatic carbocycles. The van der Waals surface area contributed by atoms with E-state index in [0.29, 0.717) is 0 Å². The molecule has 0 spiro atoms. The van der Waals surface area contributed by atoms with E-state index in [-0.39, 0.29) is 0 Å². The topological polar surface area (TPSA) is 24.5 Å². The molecule has 2 rings (SSSR count). The molecule has 20 heavy (non-hydrogen) atoms. The average molecular weight is 270 g/mol. The first-order valence-corrected chi connectivity index (χ1v) is 6.77. The lowest BCUT2D eigenvalue weighted by atomic mass is 10.1. The number of hydrogen-bond acceptors (Lipinski definition) is 3. The van der Waals surface area contributed by atoms with Gasteiger partial charge in [-0.2, -0.15) is 0 Å². The third-order valence-electron chi connectivity index (χ3n) is 3.40. The zero-order valence-electron chi connectivity index (χ0n) is 12.6. The molecule has 0 fully saturated rings. The smallest absolute Gasteiger partial charge is 0.120 e. The van der Waals surface area contributed by atoms with Crippen LogP contribution in [-0.2, 0) is 6.54 Å². The minimum absolute atomic E-state index is 0.853. The lowest BCUT2D eigenvalue weighted by Crippen LogP contribution is -2.15. The Bertz CT molecular complexity index is 581. The number of ether oxygens (including phenoxy) is 1. The molecule has 0 saturated carbocycles. The molecule has 0 atom stereocenters. The summed E-state index contributed by atoms with van der Waals surface area (Å²) in [7, 11) is 5.74. The van der Waals surface area contributed by atoms with E-state index in [0.717, 1.165) is 18.0 Å². The van der Waals surface area contributed by atoms with E-state index in [1.807, 2.05) is 25.2 Å². The van der Waals surface area contributed by atoms with Crippen molar-refractivity contribution in [2.45, 2.75) is 13.5 Å². The van der Waals surface area contributed by atoms with Crippen LogP contribution in [0.15, 0.2) is 42.5 Å². The second kappa shape index (κ2) is 6.44. The maximum Gasteiger partial charge on any atom is 0.120 e. The normalized spacial score (nSPS) is 10.4. The molecule has 3 nitrogen and oxygen atoms in total. The SMILES string of the molecule is CNCc1cc(C)ccc1N(C)c1cccc(OC)c1. The molecule has 2 aromatic rings. The van der Waals surface area contributed by atoms with Crippen LogP contribution in [0.3, 0.4) is 0 Å². The van der Waals surface area contributed by atoms with Crippen molar-refractivity contribution in [3.63, 3.8) is 0 Å². The second-order valence-electron chi connectivity index (χ2n) is 4.92. The van der Waals surface area contributed by atoms with Crippen LogP contribution in [0.2, 0.25) is 0 Å². The van der Waals surface area contributed by atoms with Gasteiger partial charge in [-0.1, -0.05) is 23.8 Å². The molecule has 0 aliphatic heterocycles. The van der Waals surface area contributed by atoms with Crippen LogP contribution in [0, 0.1) is 6.92 Å². The van der Waals surface area contributed by atoms with Crippen LogP contribution < -0.4 is 15.0 Å². The number of rotatable bonds is 5. The average Bonchev–Trinajstić information content (AvgIpc) is 2.47. The van der Waals surface area contributed by atoms with Crippen LogP contribution in [0.1, 0.15) is 11.1 Å². The van der Waals surface area contributed by atoms with Crippen LogP contribution in [0.4, 0.5) is 11.4 Å². The number of nitrogens with one attached hydrogen (secondary N) is 1. The molecule has 0 unspecified atom stereocenters. The van der Waals surface area contributed by atoms with E-state index in [2.05, 4.69) is 48.5 Å². The summed E-state index contributed by atoms with van der Waals surface area (Å²) in [5.41, 5.74) is 4.89. The Morgan fingerprint density at radius 2 is 1.95 bits per heavy atom. The molecule has 0 bridgehead atoms. The minimum atomic E-state index is 0.853. The van der Waals surface area contributed by atoms with E-state index in [4.69, 9.17) is 4.74 Å². The Labute approximate surface area is 121 Å². The molecular formula is C17H22N2O. The van der Waals surface area contributed by atoms with Gasteiger partial charge in [0.25, 0.3) is 0 Å². The molecule has 2 aromatic carbocycles. The summed E-state index contributed by atoms with van der Waals surface area (Å²) >= 11 is 0. The first-order chi connectivity index (χ1) is 9.65. The van der Waals surface area contributed by atoms with Gasteiger partial charge in [-0.25, -0.2) is 0 Å². The summed E-state index contributed by atoms with van der Waals surface area (Å²) in [5, 5.41) is 3.23. The number of hydrogen-bond donors (Lipinski definition) is 1. The number of nitrogens with zero attached hydrogens (tertiary/aromatic N) is 1. The summed E-state index contributed by atoms with van der Waals surface area (Å²) in [6.45, 7) is 2.97. The highest BCUT2D eigenvalue weighted by molar-refractivity contribution is 5.67. The highest BCUT2D eigenvalue weighted by Crippen LogP contribution is 2.29. The van der Waals surface area contributed by atoms with Crippen LogP contribution >= 0.6 is 0 Å². The van der Waals surface area contributed by atoms with E-state index in [1.54, 1.807) is 7.11 Å². The predicted octanol–water partition coefficient (Wildman–Crippen LogP) is 3.49. The van der Waals surface area contributed by atoms with Crippen molar-refractivity contribution in [1.29, 1.82) is 0 Å². The molecule has 1 N–H and O–H groups in total. The summed E-state index contributed by atoms with van der Waals surface area (Å²) in [6, 6.07) is 14.6. The maximum atomic E-state index is 5.30. The monoisotopic (exact) mass is 270 g/mol. The Balaban J connectivity index is 2.38. The maximum absolute atomic E-state index is 5.30. The Kier molecular flexibility index (Phi) is 4.64. The minimum Gasteiger partial charge on any atom is -0.497 e. The van der Waals surface area contributed by atoms with Crippen LogP contribution in [-0.4, -0.2) is 21.2 Å². The van der Waals surface area contributed by atoms with Gasteiger partial charge in [0.2, 0.25) is 0 Å². The van der Waals surface area contributed by atoms with Gasteiger partial charge in [0, 0.05) is 31.0 Å². The van der Waals surface area contributed by atoms with Crippen molar-refractivity contribution >= 4 is 11.4 Å². The number of methoxy groups -OCH3 is 1. The van der Waals surface area contributed by atoms with Gasteiger partial charge in [0.1, 0.15) is 5.75 Å². The molecule has 3 heteroatoms. The number of anilines is 2. The molecule has 106 valence electrons. The van der Waals surface area contributed by atoms with Gasteiger partial charge in [0.05, 0.1) is 7.11 Å². The summed E-state index contributed by atoms with van der Waals surface area (Å²) < 4.78 is 5.30. The van der Waals surface area contributed by atoms with Gasteiger partial charge >= 0.3 is 0 Å². The summed E-state index contributed by atoms with van der Waals surface area (Å²) in [5.74, 6) is 0.872.